The van der Waals surface area contributed by atoms with Gasteiger partial charge in [0.1, 0.15) is 17.7 Å². The van der Waals surface area contributed by atoms with Gasteiger partial charge in [0, 0.05) is 27.7 Å². The number of allylic oxidation sites excluding steroid dienone is 1. The van der Waals surface area contributed by atoms with Crippen molar-refractivity contribution in [2.45, 2.75) is 13.5 Å². The molecule has 0 spiro atoms. The molecule has 0 bridgehead atoms. The second-order valence-corrected chi connectivity index (χ2v) is 7.47. The Labute approximate surface area is 178 Å². The molecule has 0 aliphatic rings. The number of aromatic nitrogens is 3. The molecule has 0 aliphatic heterocycles. The van der Waals surface area contributed by atoms with Crippen molar-refractivity contribution >= 4 is 33.6 Å². The number of rotatable bonds is 4. The lowest BCUT2D eigenvalue weighted by Crippen LogP contribution is -2.03. The van der Waals surface area contributed by atoms with E-state index in [1.807, 2.05) is 67.6 Å². The normalized spacial score (nSPS) is 11.8. The molecule has 0 atom stereocenters. The van der Waals surface area contributed by atoms with Crippen LogP contribution < -0.4 is 0 Å². The number of H-pyrrole nitrogens is 1. The highest BCUT2D eigenvalue weighted by Gasteiger charge is 2.16. The zero-order valence-electron chi connectivity index (χ0n) is 16.9. The van der Waals surface area contributed by atoms with Gasteiger partial charge in [-0.3, -0.25) is 0 Å². The zero-order chi connectivity index (χ0) is 21.4. The Morgan fingerprint density at radius 1 is 1.06 bits per heavy atom. The molecular formula is C26H19FN4. The Hall–Kier alpha value is -4.17. The van der Waals surface area contributed by atoms with Crippen LogP contribution >= 0.6 is 0 Å². The van der Waals surface area contributed by atoms with Crippen LogP contribution in [0.2, 0.25) is 0 Å². The van der Waals surface area contributed by atoms with Gasteiger partial charge < -0.3 is 9.55 Å². The second-order valence-electron chi connectivity index (χ2n) is 7.47. The Bertz CT molecular complexity index is 1460. The molecule has 31 heavy (non-hydrogen) atoms. The van der Waals surface area contributed by atoms with E-state index in [-0.39, 0.29) is 5.82 Å². The van der Waals surface area contributed by atoms with Gasteiger partial charge >= 0.3 is 0 Å². The molecule has 2 heterocycles. The highest BCUT2D eigenvalue weighted by atomic mass is 19.1. The van der Waals surface area contributed by atoms with Crippen molar-refractivity contribution in [3.8, 4) is 6.07 Å². The second kappa shape index (κ2) is 7.58. The summed E-state index contributed by atoms with van der Waals surface area (Å²) in [5.74, 6) is 0.311. The molecule has 1 N–H and O–H groups in total. The molecule has 0 amide bonds. The van der Waals surface area contributed by atoms with E-state index in [4.69, 9.17) is 0 Å². The fourth-order valence-electron chi connectivity index (χ4n) is 4.02. The minimum Gasteiger partial charge on any atom is -0.340 e. The molecule has 0 radical (unpaired) electrons. The van der Waals surface area contributed by atoms with E-state index in [0.717, 1.165) is 33.2 Å². The Kier molecular flexibility index (Phi) is 4.61. The Morgan fingerprint density at radius 2 is 1.81 bits per heavy atom. The van der Waals surface area contributed by atoms with E-state index in [2.05, 4.69) is 20.6 Å². The number of hydrogen-bond acceptors (Lipinski definition) is 2. The molecule has 4 nitrogen and oxygen atoms in total. The molecule has 150 valence electrons. The van der Waals surface area contributed by atoms with E-state index in [9.17, 15) is 9.65 Å². The third-order valence-electron chi connectivity index (χ3n) is 5.62. The van der Waals surface area contributed by atoms with Gasteiger partial charge in [-0.2, -0.15) is 5.26 Å². The monoisotopic (exact) mass is 406 g/mol. The maximum Gasteiger partial charge on any atom is 0.149 e. The van der Waals surface area contributed by atoms with Crippen molar-refractivity contribution in [1.29, 1.82) is 5.26 Å². The first-order chi connectivity index (χ1) is 15.2. The number of nitrogens with one attached hydrogen (secondary N) is 1. The molecule has 2 aromatic heterocycles. The predicted octanol–water partition coefficient (Wildman–Crippen LogP) is 6.08. The minimum absolute atomic E-state index is 0.225. The van der Waals surface area contributed by atoms with Crippen LogP contribution in [0.25, 0.3) is 33.6 Å². The van der Waals surface area contributed by atoms with Gasteiger partial charge in [-0.25, -0.2) is 9.37 Å². The van der Waals surface area contributed by atoms with Crippen LogP contribution in [-0.4, -0.2) is 14.5 Å². The lowest BCUT2D eigenvalue weighted by molar-refractivity contribution is 0.600. The molecule has 0 aliphatic carbocycles. The maximum absolute atomic E-state index is 14.3. The summed E-state index contributed by atoms with van der Waals surface area (Å²) in [6, 6.07) is 24.8. The highest BCUT2D eigenvalue weighted by Crippen LogP contribution is 2.30. The minimum atomic E-state index is -0.225. The molecule has 3 aromatic carbocycles. The van der Waals surface area contributed by atoms with E-state index in [1.165, 1.54) is 6.07 Å². The third-order valence-corrected chi connectivity index (χ3v) is 5.62. The number of nitrogens with zero attached hydrogens (tertiary/aromatic N) is 3. The average Bonchev–Trinajstić information content (AvgIpc) is 3.33. The van der Waals surface area contributed by atoms with Crippen molar-refractivity contribution in [3.63, 3.8) is 0 Å². The van der Waals surface area contributed by atoms with Crippen LogP contribution in [-0.2, 0) is 6.54 Å². The van der Waals surface area contributed by atoms with Gasteiger partial charge in [0.2, 0.25) is 0 Å². The van der Waals surface area contributed by atoms with Crippen LogP contribution in [0.1, 0.15) is 22.6 Å². The number of halogens is 1. The average molecular weight is 406 g/mol. The number of para-hydroxylation sites is 3. The highest BCUT2D eigenvalue weighted by molar-refractivity contribution is 5.99. The van der Waals surface area contributed by atoms with Crippen LogP contribution in [0.15, 0.2) is 72.8 Å². The third kappa shape index (κ3) is 3.28. The molecule has 0 saturated carbocycles. The number of hydrogen-bond donors (Lipinski definition) is 1. The summed E-state index contributed by atoms with van der Waals surface area (Å²) >= 11 is 0. The largest absolute Gasteiger partial charge is 0.340 e. The Morgan fingerprint density at radius 3 is 2.61 bits per heavy atom. The lowest BCUT2D eigenvalue weighted by Gasteiger charge is -2.09. The van der Waals surface area contributed by atoms with Crippen molar-refractivity contribution in [1.82, 2.24) is 14.5 Å². The van der Waals surface area contributed by atoms with Gasteiger partial charge in [-0.15, -0.1) is 0 Å². The van der Waals surface area contributed by atoms with Crippen LogP contribution in [0, 0.1) is 24.1 Å². The van der Waals surface area contributed by atoms with Gasteiger partial charge in [0.25, 0.3) is 0 Å². The first-order valence-electron chi connectivity index (χ1n) is 10.0. The number of nitriles is 1. The molecular weight excluding hydrogens is 387 g/mol. The zero-order valence-corrected chi connectivity index (χ0v) is 16.9. The summed E-state index contributed by atoms with van der Waals surface area (Å²) in [7, 11) is 0. The van der Waals surface area contributed by atoms with E-state index in [1.54, 1.807) is 12.1 Å². The van der Waals surface area contributed by atoms with Crippen LogP contribution in [0.4, 0.5) is 4.39 Å². The van der Waals surface area contributed by atoms with E-state index >= 15 is 0 Å². The van der Waals surface area contributed by atoms with E-state index < -0.39 is 0 Å². The van der Waals surface area contributed by atoms with Crippen LogP contribution in [0.5, 0.6) is 0 Å². The number of imidazole rings is 1. The summed E-state index contributed by atoms with van der Waals surface area (Å²) in [5, 5.41) is 10.9. The van der Waals surface area contributed by atoms with Crippen molar-refractivity contribution in [2.24, 2.45) is 0 Å². The number of fused-ring (bicyclic) bond motifs is 2. The summed E-state index contributed by atoms with van der Waals surface area (Å²) in [6.07, 6.45) is 1.87. The SMILES string of the molecule is Cc1c(/C=C(\C#N)c2nc3ccccc3[nH]2)c2ccccc2n1Cc1ccccc1F. The maximum atomic E-state index is 14.3. The molecule has 0 saturated heterocycles. The summed E-state index contributed by atoms with van der Waals surface area (Å²) in [5.41, 5.74) is 5.68. The molecule has 0 fully saturated rings. The van der Waals surface area contributed by atoms with Crippen LogP contribution in [0.3, 0.4) is 0 Å². The van der Waals surface area contributed by atoms with Gasteiger partial charge in [-0.1, -0.05) is 48.5 Å². The quantitative estimate of drug-likeness (QED) is 0.368. The van der Waals surface area contributed by atoms with Crippen molar-refractivity contribution < 1.29 is 4.39 Å². The Balaban J connectivity index is 1.67. The first-order valence-corrected chi connectivity index (χ1v) is 10.0. The number of benzene rings is 3. The fraction of sp³-hybridized carbons (Fsp3) is 0.0769. The standard InChI is InChI=1S/C26H19FN4/c1-17-21(14-19(15-28)26-29-23-11-5-6-12-24(23)30-26)20-9-3-7-13-25(20)31(17)16-18-8-2-4-10-22(18)27/h2-14H,16H2,1H3,(H,29,30)/b19-14+. The topological polar surface area (TPSA) is 57.4 Å². The summed E-state index contributed by atoms with van der Waals surface area (Å²) in [4.78, 5) is 7.80. The van der Waals surface area contributed by atoms with E-state index in [0.29, 0.717) is 23.5 Å². The summed E-state index contributed by atoms with van der Waals surface area (Å²) in [6.45, 7) is 2.42. The molecule has 5 aromatic rings. The summed E-state index contributed by atoms with van der Waals surface area (Å²) < 4.78 is 16.4. The van der Waals surface area contributed by atoms with Gasteiger partial charge in [0.15, 0.2) is 0 Å². The fourth-order valence-corrected chi connectivity index (χ4v) is 4.02. The van der Waals surface area contributed by atoms with Gasteiger partial charge in [0.05, 0.1) is 23.2 Å². The smallest absolute Gasteiger partial charge is 0.149 e. The van der Waals surface area contributed by atoms with Crippen molar-refractivity contribution in [2.75, 3.05) is 0 Å². The lowest BCUT2D eigenvalue weighted by atomic mass is 10.1. The molecule has 5 heteroatoms. The molecule has 5 rings (SSSR count). The van der Waals surface area contributed by atoms with Gasteiger partial charge in [-0.05, 0) is 37.3 Å². The predicted molar refractivity (Wildman–Crippen MR) is 122 cm³/mol. The first kappa shape index (κ1) is 18.8. The molecule has 0 unspecified atom stereocenters. The van der Waals surface area contributed by atoms with Crippen molar-refractivity contribution in [3.05, 3.63) is 101 Å². The number of aromatic amines is 1.